The lowest BCUT2D eigenvalue weighted by Gasteiger charge is -2.28. The van der Waals surface area contributed by atoms with Crippen LogP contribution in [0.4, 0.5) is 21.9 Å². The first-order chi connectivity index (χ1) is 14.0. The monoisotopic (exact) mass is 397 g/mol. The first kappa shape index (κ1) is 20.7. The Morgan fingerprint density at radius 1 is 1.03 bits per heavy atom. The van der Waals surface area contributed by atoms with Crippen LogP contribution < -0.4 is 15.5 Å². The maximum Gasteiger partial charge on any atom is 0.411 e. The van der Waals surface area contributed by atoms with Crippen LogP contribution in [0.15, 0.2) is 48.5 Å². The van der Waals surface area contributed by atoms with Crippen molar-refractivity contribution >= 4 is 29.1 Å². The number of ether oxygens (including phenoxy) is 2. The first-order valence-electron chi connectivity index (χ1n) is 9.79. The molecule has 0 bridgehead atoms. The van der Waals surface area contributed by atoms with Gasteiger partial charge in [-0.15, -0.1) is 0 Å². The Morgan fingerprint density at radius 3 is 2.34 bits per heavy atom. The molecule has 0 radical (unpaired) electrons. The minimum absolute atomic E-state index is 0.210. The number of carbonyl (C=O) groups excluding carboxylic acids is 2. The lowest BCUT2D eigenvalue weighted by Crippen LogP contribution is -2.36. The summed E-state index contributed by atoms with van der Waals surface area (Å²) in [5, 5.41) is 5.52. The Bertz CT molecular complexity index is 830. The number of carbonyl (C=O) groups is 2. The fourth-order valence-electron chi connectivity index (χ4n) is 2.92. The zero-order chi connectivity index (χ0) is 20.6. The van der Waals surface area contributed by atoms with Crippen molar-refractivity contribution in [1.29, 1.82) is 0 Å². The fourth-order valence-corrected chi connectivity index (χ4v) is 2.92. The van der Waals surface area contributed by atoms with Crippen molar-refractivity contribution in [2.45, 2.75) is 13.8 Å². The quantitative estimate of drug-likeness (QED) is 0.771. The molecule has 0 aromatic heterocycles. The van der Waals surface area contributed by atoms with E-state index in [0.29, 0.717) is 23.5 Å². The number of nitrogens with one attached hydrogen (secondary N) is 2. The molecule has 0 saturated carbocycles. The smallest absolute Gasteiger partial charge is 0.411 e. The van der Waals surface area contributed by atoms with Crippen LogP contribution in [0, 0.1) is 5.92 Å². The second-order valence-corrected chi connectivity index (χ2v) is 7.30. The second kappa shape index (κ2) is 9.93. The summed E-state index contributed by atoms with van der Waals surface area (Å²) in [7, 11) is 0. The molecule has 2 N–H and O–H groups in total. The predicted molar refractivity (Wildman–Crippen MR) is 114 cm³/mol. The van der Waals surface area contributed by atoms with Crippen LogP contribution in [0.1, 0.15) is 24.2 Å². The summed E-state index contributed by atoms with van der Waals surface area (Å²) in [5.41, 5.74) is 2.79. The molecule has 0 aliphatic carbocycles. The third-order valence-corrected chi connectivity index (χ3v) is 4.42. The average Bonchev–Trinajstić information content (AvgIpc) is 2.73. The lowest BCUT2D eigenvalue weighted by atomic mass is 10.1. The summed E-state index contributed by atoms with van der Waals surface area (Å²) in [6.45, 7) is 7.43. The molecular weight excluding hydrogens is 370 g/mol. The molecule has 1 saturated heterocycles. The normalized spacial score (nSPS) is 13.8. The van der Waals surface area contributed by atoms with E-state index in [1.165, 1.54) is 0 Å². The van der Waals surface area contributed by atoms with Gasteiger partial charge in [0.05, 0.1) is 19.8 Å². The molecule has 1 fully saturated rings. The summed E-state index contributed by atoms with van der Waals surface area (Å²) < 4.78 is 10.5. The van der Waals surface area contributed by atoms with Gasteiger partial charge in [0.25, 0.3) is 5.91 Å². The molecule has 2 aromatic carbocycles. The highest BCUT2D eigenvalue weighted by Gasteiger charge is 2.13. The minimum atomic E-state index is -0.513. The van der Waals surface area contributed by atoms with Gasteiger partial charge in [-0.25, -0.2) is 4.79 Å². The molecule has 1 aliphatic rings. The van der Waals surface area contributed by atoms with Gasteiger partial charge in [-0.1, -0.05) is 19.9 Å². The zero-order valence-electron chi connectivity index (χ0n) is 16.8. The van der Waals surface area contributed by atoms with E-state index in [1.54, 1.807) is 24.3 Å². The number of hydrogen-bond donors (Lipinski definition) is 2. The van der Waals surface area contributed by atoms with E-state index in [9.17, 15) is 9.59 Å². The van der Waals surface area contributed by atoms with E-state index in [2.05, 4.69) is 15.5 Å². The van der Waals surface area contributed by atoms with E-state index in [1.807, 2.05) is 38.1 Å². The number of benzene rings is 2. The van der Waals surface area contributed by atoms with Crippen LogP contribution in [-0.4, -0.2) is 44.9 Å². The van der Waals surface area contributed by atoms with Gasteiger partial charge >= 0.3 is 6.09 Å². The van der Waals surface area contributed by atoms with Crippen molar-refractivity contribution in [3.8, 4) is 0 Å². The van der Waals surface area contributed by atoms with Gasteiger partial charge in [0.15, 0.2) is 0 Å². The van der Waals surface area contributed by atoms with Crippen LogP contribution >= 0.6 is 0 Å². The highest BCUT2D eigenvalue weighted by Crippen LogP contribution is 2.19. The van der Waals surface area contributed by atoms with Gasteiger partial charge in [0, 0.05) is 35.7 Å². The molecule has 2 aromatic rings. The van der Waals surface area contributed by atoms with E-state index in [-0.39, 0.29) is 11.8 Å². The second-order valence-electron chi connectivity index (χ2n) is 7.30. The average molecular weight is 397 g/mol. The van der Waals surface area contributed by atoms with Gasteiger partial charge in [0.2, 0.25) is 0 Å². The molecule has 1 heterocycles. The van der Waals surface area contributed by atoms with Gasteiger partial charge in [0.1, 0.15) is 0 Å². The maximum absolute atomic E-state index is 12.6. The number of anilines is 3. The summed E-state index contributed by atoms with van der Waals surface area (Å²) >= 11 is 0. The van der Waals surface area contributed by atoms with Crippen molar-refractivity contribution < 1.29 is 19.1 Å². The zero-order valence-corrected chi connectivity index (χ0v) is 16.8. The highest BCUT2D eigenvalue weighted by molar-refractivity contribution is 6.04. The highest BCUT2D eigenvalue weighted by atomic mass is 16.5. The molecule has 7 heteroatoms. The Hall–Kier alpha value is -3.06. The number of hydrogen-bond acceptors (Lipinski definition) is 5. The van der Waals surface area contributed by atoms with Crippen molar-refractivity contribution in [2.24, 2.45) is 5.92 Å². The predicted octanol–water partition coefficient (Wildman–Crippen LogP) is 3.98. The molecule has 154 valence electrons. The first-order valence-corrected chi connectivity index (χ1v) is 9.79. The van der Waals surface area contributed by atoms with E-state index in [4.69, 9.17) is 9.47 Å². The molecule has 0 unspecified atom stereocenters. The van der Waals surface area contributed by atoms with Crippen molar-refractivity contribution in [3.63, 3.8) is 0 Å². The number of rotatable bonds is 6. The fraction of sp³-hybridized carbons (Fsp3) is 0.364. The van der Waals surface area contributed by atoms with Gasteiger partial charge in [-0.2, -0.15) is 0 Å². The SMILES string of the molecule is CC(C)COC(=O)Nc1cccc(NC(=O)c2ccc(N3CCOCC3)cc2)c1. The molecule has 2 amide bonds. The van der Waals surface area contributed by atoms with Gasteiger partial charge in [-0.3, -0.25) is 10.1 Å². The summed E-state index contributed by atoms with van der Waals surface area (Å²) in [6.07, 6.45) is -0.513. The van der Waals surface area contributed by atoms with Crippen LogP contribution in [0.2, 0.25) is 0 Å². The van der Waals surface area contributed by atoms with E-state index < -0.39 is 6.09 Å². The number of morpholine rings is 1. The maximum atomic E-state index is 12.6. The standard InChI is InChI=1S/C22H27N3O4/c1-16(2)15-29-22(27)24-19-5-3-4-18(14-19)23-21(26)17-6-8-20(9-7-17)25-10-12-28-13-11-25/h3-9,14,16H,10-13,15H2,1-2H3,(H,23,26)(H,24,27). The summed E-state index contributed by atoms with van der Waals surface area (Å²) in [6, 6.07) is 14.5. The molecular formula is C22H27N3O4. The molecule has 1 aliphatic heterocycles. The molecule has 29 heavy (non-hydrogen) atoms. The Balaban J connectivity index is 1.58. The van der Waals surface area contributed by atoms with E-state index >= 15 is 0 Å². The van der Waals surface area contributed by atoms with Crippen molar-refractivity contribution in [1.82, 2.24) is 0 Å². The molecule has 7 nitrogen and oxygen atoms in total. The van der Waals surface area contributed by atoms with Crippen molar-refractivity contribution in [3.05, 3.63) is 54.1 Å². The van der Waals surface area contributed by atoms with Crippen LogP contribution in [0.3, 0.4) is 0 Å². The number of amides is 2. The van der Waals surface area contributed by atoms with Gasteiger partial charge < -0.3 is 19.7 Å². The van der Waals surface area contributed by atoms with Crippen LogP contribution in [-0.2, 0) is 9.47 Å². The molecule has 0 spiro atoms. The summed E-state index contributed by atoms with van der Waals surface area (Å²) in [4.78, 5) is 26.6. The Kier molecular flexibility index (Phi) is 7.08. The lowest BCUT2D eigenvalue weighted by molar-refractivity contribution is 0.102. The Labute approximate surface area is 171 Å². The number of nitrogens with zero attached hydrogens (tertiary/aromatic N) is 1. The van der Waals surface area contributed by atoms with E-state index in [0.717, 1.165) is 32.0 Å². The third kappa shape index (κ3) is 6.22. The minimum Gasteiger partial charge on any atom is -0.449 e. The molecule has 0 atom stereocenters. The summed E-state index contributed by atoms with van der Waals surface area (Å²) in [5.74, 6) is 0.0547. The topological polar surface area (TPSA) is 79.9 Å². The van der Waals surface area contributed by atoms with Crippen molar-refractivity contribution in [2.75, 3.05) is 48.4 Å². The van der Waals surface area contributed by atoms with Crippen LogP contribution in [0.5, 0.6) is 0 Å². The molecule has 3 rings (SSSR count). The Morgan fingerprint density at radius 2 is 1.69 bits per heavy atom. The largest absolute Gasteiger partial charge is 0.449 e. The van der Waals surface area contributed by atoms with Gasteiger partial charge in [-0.05, 0) is 48.4 Å². The van der Waals surface area contributed by atoms with Crippen LogP contribution in [0.25, 0.3) is 0 Å². The third-order valence-electron chi connectivity index (χ3n) is 4.42.